The number of methoxy groups -OCH3 is 1. The van der Waals surface area contributed by atoms with E-state index in [1.54, 1.807) is 7.05 Å². The van der Waals surface area contributed by atoms with Gasteiger partial charge in [0.25, 0.3) is 5.91 Å². The number of ether oxygens (including phenoxy) is 1. The van der Waals surface area contributed by atoms with Crippen LogP contribution >= 0.6 is 0 Å². The summed E-state index contributed by atoms with van der Waals surface area (Å²) in [5.74, 6) is -0.408. The molecule has 1 unspecified atom stereocenters. The molecule has 1 aliphatic carbocycles. The fourth-order valence-corrected chi connectivity index (χ4v) is 3.82. The van der Waals surface area contributed by atoms with E-state index in [0.717, 1.165) is 25.7 Å². The topological polar surface area (TPSA) is 135 Å². The van der Waals surface area contributed by atoms with Crippen LogP contribution in [0.1, 0.15) is 59.4 Å². The molecule has 0 aliphatic heterocycles. The molecule has 0 spiro atoms. The molecule has 1 saturated carbocycles. The molecule has 1 fully saturated rings. The van der Waals surface area contributed by atoms with Crippen molar-refractivity contribution in [1.82, 2.24) is 20.3 Å². The fourth-order valence-electron chi connectivity index (χ4n) is 3.82. The Morgan fingerprint density at radius 2 is 1.84 bits per heavy atom. The highest BCUT2D eigenvalue weighted by atomic mass is 16.5. The molecule has 0 bridgehead atoms. The van der Waals surface area contributed by atoms with Crippen LogP contribution in [0, 0.1) is 5.92 Å². The van der Waals surface area contributed by atoms with Crippen LogP contribution in [0.3, 0.4) is 0 Å². The molecule has 2 heterocycles. The second-order valence-electron chi connectivity index (χ2n) is 7.68. The van der Waals surface area contributed by atoms with Gasteiger partial charge in [0.1, 0.15) is 11.9 Å². The van der Waals surface area contributed by atoms with Gasteiger partial charge in [-0.2, -0.15) is 0 Å². The Labute approximate surface area is 186 Å². The predicted octanol–water partition coefficient (Wildman–Crippen LogP) is 2.41. The number of esters is 1. The Bertz CT molecular complexity index is 944. The first-order chi connectivity index (χ1) is 15.5. The second-order valence-corrected chi connectivity index (χ2v) is 7.68. The van der Waals surface area contributed by atoms with Crippen LogP contribution in [0.4, 0.5) is 11.6 Å². The first kappa shape index (κ1) is 23.1. The molecular formula is C22H28N6O4. The fraction of sp³-hybridized carbons (Fsp3) is 0.455. The van der Waals surface area contributed by atoms with E-state index >= 15 is 0 Å². The standard InChI is InChI=1S/C22H28N6O4/c1-23-19-18(24-10-11-25-19)21(30)27-16(12-14-6-4-3-5-7-14)20(29)28-17-9-8-15(13-26-17)22(31)32-2/h8-11,13-14,16H,3-7,12H2,1-2H3,(H,23,25)(H,27,30)(H,26,28,29). The van der Waals surface area contributed by atoms with Crippen molar-refractivity contribution in [3.8, 4) is 0 Å². The molecule has 2 aromatic heterocycles. The van der Waals surface area contributed by atoms with E-state index in [4.69, 9.17) is 0 Å². The smallest absolute Gasteiger partial charge is 0.339 e. The van der Waals surface area contributed by atoms with Gasteiger partial charge in [-0.05, 0) is 24.5 Å². The minimum absolute atomic E-state index is 0.122. The molecule has 170 valence electrons. The van der Waals surface area contributed by atoms with E-state index in [1.807, 2.05) is 0 Å². The van der Waals surface area contributed by atoms with Gasteiger partial charge in [0.2, 0.25) is 5.91 Å². The highest BCUT2D eigenvalue weighted by Crippen LogP contribution is 2.28. The van der Waals surface area contributed by atoms with Crippen molar-refractivity contribution in [3.63, 3.8) is 0 Å². The zero-order valence-corrected chi connectivity index (χ0v) is 18.3. The number of aromatic nitrogens is 3. The quantitative estimate of drug-likeness (QED) is 0.533. The Balaban J connectivity index is 1.74. The average molecular weight is 441 g/mol. The van der Waals surface area contributed by atoms with Crippen LogP contribution < -0.4 is 16.0 Å². The van der Waals surface area contributed by atoms with Crippen LogP contribution in [-0.2, 0) is 9.53 Å². The second kappa shape index (κ2) is 11.2. The first-order valence-corrected chi connectivity index (χ1v) is 10.7. The van der Waals surface area contributed by atoms with Crippen LogP contribution in [0.5, 0.6) is 0 Å². The summed E-state index contributed by atoms with van der Waals surface area (Å²) in [6.07, 6.45) is 10.3. The summed E-state index contributed by atoms with van der Waals surface area (Å²) in [7, 11) is 2.93. The number of nitrogens with one attached hydrogen (secondary N) is 3. The number of hydrogen-bond donors (Lipinski definition) is 3. The lowest BCUT2D eigenvalue weighted by atomic mass is 9.84. The van der Waals surface area contributed by atoms with E-state index in [9.17, 15) is 14.4 Å². The maximum atomic E-state index is 13.1. The molecule has 10 heteroatoms. The van der Waals surface area contributed by atoms with Crippen LogP contribution in [0.2, 0.25) is 0 Å². The number of anilines is 2. The molecule has 32 heavy (non-hydrogen) atoms. The molecule has 10 nitrogen and oxygen atoms in total. The van der Waals surface area contributed by atoms with E-state index < -0.39 is 17.9 Å². The van der Waals surface area contributed by atoms with Crippen molar-refractivity contribution in [1.29, 1.82) is 0 Å². The maximum absolute atomic E-state index is 13.1. The van der Waals surface area contributed by atoms with Crippen LogP contribution in [-0.4, -0.2) is 52.9 Å². The molecule has 3 N–H and O–H groups in total. The molecule has 0 saturated heterocycles. The highest BCUT2D eigenvalue weighted by molar-refractivity contribution is 6.02. The predicted molar refractivity (Wildman–Crippen MR) is 118 cm³/mol. The Kier molecular flexibility index (Phi) is 8.07. The summed E-state index contributed by atoms with van der Waals surface area (Å²) in [5.41, 5.74) is 0.400. The van der Waals surface area contributed by atoms with Crippen molar-refractivity contribution < 1.29 is 19.1 Å². The molecule has 0 radical (unpaired) electrons. The first-order valence-electron chi connectivity index (χ1n) is 10.7. The van der Waals surface area contributed by atoms with E-state index in [-0.39, 0.29) is 23.0 Å². The van der Waals surface area contributed by atoms with E-state index in [2.05, 4.69) is 35.6 Å². The molecular weight excluding hydrogens is 412 g/mol. The number of pyridine rings is 1. The van der Waals surface area contributed by atoms with Gasteiger partial charge in [-0.3, -0.25) is 9.59 Å². The van der Waals surface area contributed by atoms with Gasteiger partial charge in [0.05, 0.1) is 12.7 Å². The van der Waals surface area contributed by atoms with Gasteiger partial charge in [0, 0.05) is 25.6 Å². The van der Waals surface area contributed by atoms with Crippen LogP contribution in [0.25, 0.3) is 0 Å². The lowest BCUT2D eigenvalue weighted by Gasteiger charge is -2.26. The van der Waals surface area contributed by atoms with Gasteiger partial charge in [-0.1, -0.05) is 32.1 Å². The highest BCUT2D eigenvalue weighted by Gasteiger charge is 2.28. The summed E-state index contributed by atoms with van der Waals surface area (Å²) in [4.78, 5) is 49.8. The SMILES string of the molecule is CNc1nccnc1C(=O)NC(CC1CCCCC1)C(=O)Nc1ccc(C(=O)OC)cn1. The van der Waals surface area contributed by atoms with Crippen molar-refractivity contribution in [3.05, 3.63) is 42.0 Å². The summed E-state index contributed by atoms with van der Waals surface area (Å²) < 4.78 is 4.65. The minimum Gasteiger partial charge on any atom is -0.465 e. The number of nitrogens with zero attached hydrogens (tertiary/aromatic N) is 3. The summed E-state index contributed by atoms with van der Waals surface area (Å²) >= 11 is 0. The third-order valence-corrected chi connectivity index (χ3v) is 5.50. The van der Waals surface area contributed by atoms with Crippen LogP contribution in [0.15, 0.2) is 30.7 Å². The Morgan fingerprint density at radius 1 is 1.09 bits per heavy atom. The number of rotatable bonds is 8. The molecule has 1 aliphatic rings. The summed E-state index contributed by atoms with van der Waals surface area (Å²) in [6, 6.07) is 2.27. The minimum atomic E-state index is -0.764. The molecule has 3 rings (SSSR count). The summed E-state index contributed by atoms with van der Waals surface area (Å²) in [5, 5.41) is 8.39. The zero-order valence-electron chi connectivity index (χ0n) is 18.3. The Morgan fingerprint density at radius 3 is 2.50 bits per heavy atom. The number of carbonyl (C=O) groups is 3. The number of amides is 2. The van der Waals surface area contributed by atoms with Crippen molar-refractivity contribution in [2.24, 2.45) is 5.92 Å². The number of carbonyl (C=O) groups excluding carboxylic acids is 3. The van der Waals surface area contributed by atoms with Gasteiger partial charge < -0.3 is 20.7 Å². The Hall–Kier alpha value is -3.56. The van der Waals surface area contributed by atoms with Crippen molar-refractivity contribution >= 4 is 29.4 Å². The van der Waals surface area contributed by atoms with Gasteiger partial charge >= 0.3 is 5.97 Å². The summed E-state index contributed by atoms with van der Waals surface area (Å²) in [6.45, 7) is 0. The normalized spacial score (nSPS) is 14.8. The maximum Gasteiger partial charge on any atom is 0.339 e. The molecule has 0 aromatic carbocycles. The molecule has 1 atom stereocenters. The zero-order chi connectivity index (χ0) is 22.9. The van der Waals surface area contributed by atoms with E-state index in [0.29, 0.717) is 18.2 Å². The lowest BCUT2D eigenvalue weighted by molar-refractivity contribution is -0.118. The monoisotopic (exact) mass is 440 g/mol. The third kappa shape index (κ3) is 5.99. The lowest BCUT2D eigenvalue weighted by Crippen LogP contribution is -2.45. The average Bonchev–Trinajstić information content (AvgIpc) is 2.84. The van der Waals surface area contributed by atoms with Gasteiger partial charge in [-0.25, -0.2) is 19.7 Å². The molecule has 2 amide bonds. The number of hydrogen-bond acceptors (Lipinski definition) is 8. The van der Waals surface area contributed by atoms with Gasteiger partial charge in [-0.15, -0.1) is 0 Å². The van der Waals surface area contributed by atoms with E-state index in [1.165, 1.54) is 44.3 Å². The third-order valence-electron chi connectivity index (χ3n) is 5.50. The van der Waals surface area contributed by atoms with Crippen molar-refractivity contribution in [2.75, 3.05) is 24.8 Å². The largest absolute Gasteiger partial charge is 0.465 e. The van der Waals surface area contributed by atoms with Gasteiger partial charge in [0.15, 0.2) is 11.5 Å². The molecule has 2 aromatic rings. The van der Waals surface area contributed by atoms with Crippen molar-refractivity contribution in [2.45, 2.75) is 44.6 Å².